The first-order valence-electron chi connectivity index (χ1n) is 7.29. The molecule has 0 bridgehead atoms. The molecule has 1 saturated heterocycles. The van der Waals surface area contributed by atoms with Gasteiger partial charge in [0.25, 0.3) is 5.69 Å². The summed E-state index contributed by atoms with van der Waals surface area (Å²) >= 11 is 0. The molecular formula is C14H15NO10S2. The number of nitro groups is 1. The van der Waals surface area contributed by atoms with Crippen LogP contribution in [0.15, 0.2) is 24.3 Å². The fourth-order valence-electron chi connectivity index (χ4n) is 2.97. The second-order valence-electron chi connectivity index (χ2n) is 5.71. The minimum Gasteiger partial charge on any atom is -0.468 e. The molecule has 2 rings (SSSR count). The van der Waals surface area contributed by atoms with Crippen molar-refractivity contribution >= 4 is 37.3 Å². The van der Waals surface area contributed by atoms with Gasteiger partial charge < -0.3 is 9.47 Å². The summed E-state index contributed by atoms with van der Waals surface area (Å²) in [5.41, 5.74) is -0.414. The maximum absolute atomic E-state index is 12.5. The highest BCUT2D eigenvalue weighted by molar-refractivity contribution is 8.10. The minimum absolute atomic E-state index is 0.0711. The van der Waals surface area contributed by atoms with Crippen molar-refractivity contribution in [2.75, 3.05) is 19.3 Å². The van der Waals surface area contributed by atoms with Gasteiger partial charge in [0.1, 0.15) is 0 Å². The topological polar surface area (TPSA) is 164 Å². The molecule has 0 aliphatic carbocycles. The van der Waals surface area contributed by atoms with Crippen LogP contribution in [0.5, 0.6) is 0 Å². The van der Waals surface area contributed by atoms with E-state index >= 15 is 0 Å². The monoisotopic (exact) mass is 421 g/mol. The van der Waals surface area contributed by atoms with Crippen LogP contribution < -0.4 is 0 Å². The number of nitro benzene ring substituents is 1. The summed E-state index contributed by atoms with van der Waals surface area (Å²) < 4.78 is 58.9. The van der Waals surface area contributed by atoms with Crippen LogP contribution in [-0.4, -0.2) is 63.5 Å². The first-order valence-corrected chi connectivity index (χ1v) is 10.7. The number of carbonyl (C=O) groups is 2. The zero-order valence-electron chi connectivity index (χ0n) is 14.1. The number of rotatable bonds is 4. The van der Waals surface area contributed by atoms with Crippen LogP contribution in [0.3, 0.4) is 0 Å². The van der Waals surface area contributed by atoms with Gasteiger partial charge >= 0.3 is 11.9 Å². The minimum atomic E-state index is -4.55. The molecule has 0 spiro atoms. The quantitative estimate of drug-likeness (QED) is 0.353. The lowest BCUT2D eigenvalue weighted by molar-refractivity contribution is -0.384. The number of methoxy groups -OCH3 is 2. The van der Waals surface area contributed by atoms with Gasteiger partial charge in [0.05, 0.1) is 19.1 Å². The lowest BCUT2D eigenvalue weighted by Gasteiger charge is -2.34. The Balaban J connectivity index is 2.76. The van der Waals surface area contributed by atoms with Crippen molar-refractivity contribution < 1.29 is 40.8 Å². The molecule has 1 aromatic carbocycles. The van der Waals surface area contributed by atoms with Crippen LogP contribution in [0, 0.1) is 10.1 Å². The van der Waals surface area contributed by atoms with E-state index in [2.05, 4.69) is 9.47 Å². The normalized spacial score (nSPS) is 25.9. The molecule has 0 saturated carbocycles. The van der Waals surface area contributed by atoms with Crippen LogP contribution in [0.2, 0.25) is 0 Å². The Morgan fingerprint density at radius 1 is 0.963 bits per heavy atom. The molecule has 0 N–H and O–H groups in total. The van der Waals surface area contributed by atoms with Crippen LogP contribution in [0.25, 0.3) is 0 Å². The van der Waals surface area contributed by atoms with E-state index in [9.17, 15) is 36.5 Å². The zero-order valence-corrected chi connectivity index (χ0v) is 15.7. The van der Waals surface area contributed by atoms with Crippen molar-refractivity contribution in [3.8, 4) is 0 Å². The Bertz CT molecular complexity index is 929. The summed E-state index contributed by atoms with van der Waals surface area (Å²) in [6.07, 6.45) is 0. The predicted molar refractivity (Wildman–Crippen MR) is 90.2 cm³/mol. The molecule has 0 amide bonds. The van der Waals surface area contributed by atoms with Gasteiger partial charge in [-0.15, -0.1) is 0 Å². The van der Waals surface area contributed by atoms with Gasteiger partial charge in [-0.05, 0) is 5.56 Å². The Morgan fingerprint density at radius 3 is 1.70 bits per heavy atom. The molecule has 1 aromatic rings. The van der Waals surface area contributed by atoms with Crippen molar-refractivity contribution in [1.29, 1.82) is 0 Å². The molecule has 2 atom stereocenters. The fraction of sp³-hybridized carbons (Fsp3) is 0.429. The third-order valence-corrected chi connectivity index (χ3v) is 9.26. The van der Waals surface area contributed by atoms with Gasteiger partial charge in [-0.3, -0.25) is 19.7 Å². The van der Waals surface area contributed by atoms with Gasteiger partial charge in [-0.2, -0.15) is 0 Å². The molecule has 1 aliphatic heterocycles. The van der Waals surface area contributed by atoms with E-state index in [1.54, 1.807) is 0 Å². The molecular weight excluding hydrogens is 406 g/mol. The van der Waals surface area contributed by atoms with Gasteiger partial charge in [-0.1, -0.05) is 12.1 Å². The van der Waals surface area contributed by atoms with Crippen molar-refractivity contribution in [3.63, 3.8) is 0 Å². The molecule has 1 heterocycles. The summed E-state index contributed by atoms with van der Waals surface area (Å²) in [5.74, 6) is -4.18. The average molecular weight is 421 g/mol. The molecule has 0 aromatic heterocycles. The first kappa shape index (κ1) is 20.8. The van der Waals surface area contributed by atoms with Gasteiger partial charge in [0, 0.05) is 18.1 Å². The average Bonchev–Trinajstić information content (AvgIpc) is 2.58. The zero-order chi connectivity index (χ0) is 20.6. The van der Waals surface area contributed by atoms with Crippen molar-refractivity contribution in [1.82, 2.24) is 0 Å². The second-order valence-corrected chi connectivity index (χ2v) is 10.3. The second kappa shape index (κ2) is 7.23. The highest BCUT2D eigenvalue weighted by Crippen LogP contribution is 2.39. The van der Waals surface area contributed by atoms with E-state index in [0.29, 0.717) is 0 Å². The van der Waals surface area contributed by atoms with E-state index < -0.39 is 58.0 Å². The third kappa shape index (κ3) is 3.78. The standard InChI is InChI=1S/C14H15NO10S2/c1-24-13(16)11-10(8-3-5-9(6-4-8)15(18)19)12(14(17)25-2)27(22,23)7-26(11,20)21/h3-6,10-12H,7H2,1-2H3/t11-,12-/m1/s1. The first-order chi connectivity index (χ1) is 12.5. The number of esters is 2. The van der Waals surface area contributed by atoms with Crippen LogP contribution in [0.4, 0.5) is 5.69 Å². The lowest BCUT2D eigenvalue weighted by atomic mass is 9.91. The van der Waals surface area contributed by atoms with Crippen LogP contribution in [0.1, 0.15) is 11.5 Å². The van der Waals surface area contributed by atoms with E-state index in [4.69, 9.17) is 0 Å². The SMILES string of the molecule is COC(=O)[C@H]1C(c2ccc([N+](=O)[O-])cc2)[C@H](C(=O)OC)S(=O)(=O)CS1(=O)=O. The highest BCUT2D eigenvalue weighted by Gasteiger charge is 2.58. The summed E-state index contributed by atoms with van der Waals surface area (Å²) in [4.78, 5) is 34.4. The molecule has 0 unspecified atom stereocenters. The molecule has 0 radical (unpaired) electrons. The number of hydrogen-bond acceptors (Lipinski definition) is 10. The number of non-ortho nitro benzene ring substituents is 1. The summed E-state index contributed by atoms with van der Waals surface area (Å²) in [7, 11) is -7.25. The molecule has 148 valence electrons. The maximum atomic E-state index is 12.5. The predicted octanol–water partition coefficient (Wildman–Crippen LogP) is -0.438. The fourth-order valence-corrected chi connectivity index (χ4v) is 8.37. The number of ether oxygens (including phenoxy) is 2. The Kier molecular flexibility index (Phi) is 5.56. The summed E-state index contributed by atoms with van der Waals surface area (Å²) in [6.45, 7) is 0. The van der Waals surface area contributed by atoms with E-state index in [1.165, 1.54) is 0 Å². The maximum Gasteiger partial charge on any atom is 0.324 e. The Labute approximate surface area is 154 Å². The third-order valence-electron chi connectivity index (χ3n) is 4.11. The summed E-state index contributed by atoms with van der Waals surface area (Å²) in [5, 5.41) is 5.39. The van der Waals surface area contributed by atoms with Crippen LogP contribution >= 0.6 is 0 Å². The molecule has 13 heteroatoms. The van der Waals surface area contributed by atoms with Gasteiger partial charge in [0.2, 0.25) is 0 Å². The summed E-state index contributed by atoms with van der Waals surface area (Å²) in [6, 6.07) is 4.19. The number of carbonyl (C=O) groups excluding carboxylic acids is 2. The smallest absolute Gasteiger partial charge is 0.324 e. The lowest BCUT2D eigenvalue weighted by Crippen LogP contribution is -2.55. The number of benzene rings is 1. The van der Waals surface area contributed by atoms with E-state index in [-0.39, 0.29) is 11.3 Å². The van der Waals surface area contributed by atoms with Gasteiger partial charge in [-0.25, -0.2) is 16.8 Å². The van der Waals surface area contributed by atoms with Crippen molar-refractivity contribution in [3.05, 3.63) is 39.9 Å². The number of nitrogens with zero attached hydrogens (tertiary/aromatic N) is 1. The molecule has 1 fully saturated rings. The Hall–Kier alpha value is -2.54. The van der Waals surface area contributed by atoms with Crippen molar-refractivity contribution in [2.45, 2.75) is 16.4 Å². The van der Waals surface area contributed by atoms with E-state index in [1.807, 2.05) is 0 Å². The molecule has 11 nitrogen and oxygen atoms in total. The molecule has 27 heavy (non-hydrogen) atoms. The number of hydrogen-bond donors (Lipinski definition) is 0. The highest BCUT2D eigenvalue weighted by atomic mass is 32.3. The van der Waals surface area contributed by atoms with Gasteiger partial charge in [0.15, 0.2) is 35.3 Å². The van der Waals surface area contributed by atoms with E-state index in [0.717, 1.165) is 38.5 Å². The molecule has 1 aliphatic rings. The Morgan fingerprint density at radius 2 is 1.37 bits per heavy atom. The largest absolute Gasteiger partial charge is 0.468 e. The van der Waals surface area contributed by atoms with Crippen molar-refractivity contribution in [2.24, 2.45) is 0 Å². The number of sulfone groups is 2. The van der Waals surface area contributed by atoms with Crippen LogP contribution in [-0.2, 0) is 38.7 Å².